The first-order valence-electron chi connectivity index (χ1n) is 14.4. The van der Waals surface area contributed by atoms with Crippen molar-refractivity contribution in [3.05, 3.63) is 95.1 Å². The molecule has 0 saturated carbocycles. The van der Waals surface area contributed by atoms with Gasteiger partial charge in [-0.2, -0.15) is 0 Å². The number of anilines is 1. The SMILES string of the molecule is CCCCCCCCOc1ccc(CCc2ccc(C(C)c3ccc(N4CCCC4)cc3)cc2)cc1. The Balaban J connectivity index is 1.20. The predicted molar refractivity (Wildman–Crippen MR) is 155 cm³/mol. The van der Waals surface area contributed by atoms with E-state index >= 15 is 0 Å². The number of benzene rings is 3. The van der Waals surface area contributed by atoms with Crippen LogP contribution in [0.5, 0.6) is 5.75 Å². The molecule has 0 bridgehead atoms. The number of ether oxygens (including phenoxy) is 1. The number of rotatable bonds is 14. The lowest BCUT2D eigenvalue weighted by Gasteiger charge is -2.19. The third-order valence-electron chi connectivity index (χ3n) is 7.74. The second-order valence-electron chi connectivity index (χ2n) is 10.5. The lowest BCUT2D eigenvalue weighted by Crippen LogP contribution is -2.17. The summed E-state index contributed by atoms with van der Waals surface area (Å²) in [5.74, 6) is 1.41. The van der Waals surface area contributed by atoms with Gasteiger partial charge in [0.15, 0.2) is 0 Å². The van der Waals surface area contributed by atoms with E-state index in [9.17, 15) is 0 Å². The van der Waals surface area contributed by atoms with Crippen molar-refractivity contribution in [1.82, 2.24) is 0 Å². The molecule has 1 unspecified atom stereocenters. The third-order valence-corrected chi connectivity index (χ3v) is 7.74. The van der Waals surface area contributed by atoms with Crippen LogP contribution in [-0.2, 0) is 12.8 Å². The van der Waals surface area contributed by atoms with Crippen LogP contribution in [0.25, 0.3) is 0 Å². The van der Waals surface area contributed by atoms with Crippen molar-refractivity contribution in [2.45, 2.75) is 84.0 Å². The van der Waals surface area contributed by atoms with Gasteiger partial charge in [-0.25, -0.2) is 0 Å². The Morgan fingerprint density at radius 2 is 1.19 bits per heavy atom. The lowest BCUT2D eigenvalue weighted by atomic mass is 9.92. The molecule has 0 amide bonds. The molecule has 3 aromatic rings. The highest BCUT2D eigenvalue weighted by Crippen LogP contribution is 2.28. The molecule has 1 atom stereocenters. The molecule has 192 valence electrons. The van der Waals surface area contributed by atoms with E-state index in [1.165, 1.54) is 86.0 Å². The van der Waals surface area contributed by atoms with Crippen molar-refractivity contribution in [2.24, 2.45) is 0 Å². The zero-order valence-electron chi connectivity index (χ0n) is 22.6. The normalized spacial score (nSPS) is 14.2. The van der Waals surface area contributed by atoms with Gasteiger partial charge >= 0.3 is 0 Å². The molecule has 0 spiro atoms. The number of unbranched alkanes of at least 4 members (excludes halogenated alkanes) is 5. The Kier molecular flexibility index (Phi) is 10.3. The summed E-state index contributed by atoms with van der Waals surface area (Å²) >= 11 is 0. The lowest BCUT2D eigenvalue weighted by molar-refractivity contribution is 0.304. The molecule has 2 heteroatoms. The van der Waals surface area contributed by atoms with Crippen molar-refractivity contribution in [1.29, 1.82) is 0 Å². The van der Waals surface area contributed by atoms with E-state index < -0.39 is 0 Å². The molecule has 0 N–H and O–H groups in total. The average Bonchev–Trinajstić information content (AvgIpc) is 3.47. The highest BCUT2D eigenvalue weighted by Gasteiger charge is 2.13. The smallest absolute Gasteiger partial charge is 0.119 e. The van der Waals surface area contributed by atoms with Gasteiger partial charge < -0.3 is 9.64 Å². The maximum Gasteiger partial charge on any atom is 0.119 e. The average molecular weight is 484 g/mol. The molecule has 0 aliphatic carbocycles. The Labute approximate surface area is 219 Å². The highest BCUT2D eigenvalue weighted by molar-refractivity contribution is 5.49. The Hall–Kier alpha value is -2.74. The fourth-order valence-electron chi connectivity index (χ4n) is 5.23. The summed E-state index contributed by atoms with van der Waals surface area (Å²) in [6.45, 7) is 7.81. The number of hydrogen-bond donors (Lipinski definition) is 0. The minimum atomic E-state index is 0.413. The van der Waals surface area contributed by atoms with E-state index in [-0.39, 0.29) is 0 Å². The van der Waals surface area contributed by atoms with E-state index in [1.807, 2.05) is 0 Å². The topological polar surface area (TPSA) is 12.5 Å². The minimum Gasteiger partial charge on any atom is -0.494 e. The zero-order chi connectivity index (χ0) is 25.0. The summed E-state index contributed by atoms with van der Waals surface area (Å²) in [5.41, 5.74) is 6.93. The first-order chi connectivity index (χ1) is 17.7. The van der Waals surface area contributed by atoms with Crippen molar-refractivity contribution in [2.75, 3.05) is 24.6 Å². The van der Waals surface area contributed by atoms with E-state index in [4.69, 9.17) is 4.74 Å². The van der Waals surface area contributed by atoms with Gasteiger partial charge in [0.25, 0.3) is 0 Å². The molecule has 1 fully saturated rings. The Bertz CT molecular complexity index is 1000. The molecular weight excluding hydrogens is 438 g/mol. The second-order valence-corrected chi connectivity index (χ2v) is 10.5. The van der Waals surface area contributed by atoms with Crippen molar-refractivity contribution in [3.8, 4) is 5.75 Å². The molecule has 36 heavy (non-hydrogen) atoms. The molecule has 0 radical (unpaired) electrons. The predicted octanol–water partition coefficient (Wildman–Crippen LogP) is 8.96. The van der Waals surface area contributed by atoms with Gasteiger partial charge in [0.1, 0.15) is 5.75 Å². The van der Waals surface area contributed by atoms with Gasteiger partial charge in [0, 0.05) is 24.7 Å². The van der Waals surface area contributed by atoms with Crippen LogP contribution in [0.2, 0.25) is 0 Å². The van der Waals surface area contributed by atoms with Crippen LogP contribution in [0.1, 0.15) is 93.4 Å². The van der Waals surface area contributed by atoms with Crippen LogP contribution in [0.3, 0.4) is 0 Å². The van der Waals surface area contributed by atoms with Crippen molar-refractivity contribution < 1.29 is 4.74 Å². The van der Waals surface area contributed by atoms with Crippen LogP contribution < -0.4 is 9.64 Å². The minimum absolute atomic E-state index is 0.413. The molecule has 2 nitrogen and oxygen atoms in total. The van der Waals surface area contributed by atoms with Crippen LogP contribution >= 0.6 is 0 Å². The van der Waals surface area contributed by atoms with Crippen LogP contribution in [0, 0.1) is 0 Å². The van der Waals surface area contributed by atoms with Gasteiger partial charge in [0.2, 0.25) is 0 Å². The summed E-state index contributed by atoms with van der Waals surface area (Å²) in [6, 6.07) is 27.2. The van der Waals surface area contributed by atoms with Gasteiger partial charge in [-0.1, -0.05) is 94.5 Å². The highest BCUT2D eigenvalue weighted by atomic mass is 16.5. The first-order valence-corrected chi connectivity index (χ1v) is 14.4. The molecule has 4 rings (SSSR count). The molecule has 3 aromatic carbocycles. The standard InChI is InChI=1S/C34H45NO/c1-3-4-5-6-7-10-27-36-34-23-15-30(16-24-34)12-11-29-13-17-31(18-14-29)28(2)32-19-21-33(22-20-32)35-25-8-9-26-35/h13-24,28H,3-12,25-27H2,1-2H3. The quantitative estimate of drug-likeness (QED) is 0.212. The summed E-state index contributed by atoms with van der Waals surface area (Å²) in [5, 5.41) is 0. The third kappa shape index (κ3) is 7.88. The fourth-order valence-corrected chi connectivity index (χ4v) is 5.23. The van der Waals surface area contributed by atoms with Crippen molar-refractivity contribution >= 4 is 5.69 Å². The van der Waals surface area contributed by atoms with Gasteiger partial charge in [-0.3, -0.25) is 0 Å². The molecule has 1 aliphatic rings. The monoisotopic (exact) mass is 483 g/mol. The Morgan fingerprint density at radius 3 is 1.81 bits per heavy atom. The molecule has 1 aliphatic heterocycles. The largest absolute Gasteiger partial charge is 0.494 e. The van der Waals surface area contributed by atoms with Gasteiger partial charge in [-0.15, -0.1) is 0 Å². The van der Waals surface area contributed by atoms with Gasteiger partial charge in [0.05, 0.1) is 6.61 Å². The van der Waals surface area contributed by atoms with E-state index in [0.717, 1.165) is 31.6 Å². The molecule has 1 saturated heterocycles. The fraction of sp³-hybridized carbons (Fsp3) is 0.471. The van der Waals surface area contributed by atoms with E-state index in [2.05, 4.69) is 91.5 Å². The molecular formula is C34H45NO. The van der Waals surface area contributed by atoms with Gasteiger partial charge in [-0.05, 0) is 78.6 Å². The summed E-state index contributed by atoms with van der Waals surface area (Å²) in [6.07, 6.45) is 12.6. The van der Waals surface area contributed by atoms with E-state index in [1.54, 1.807) is 0 Å². The summed E-state index contributed by atoms with van der Waals surface area (Å²) in [7, 11) is 0. The van der Waals surface area contributed by atoms with Crippen LogP contribution in [0.15, 0.2) is 72.8 Å². The number of aryl methyl sites for hydroxylation is 2. The molecule has 0 aromatic heterocycles. The first kappa shape index (κ1) is 26.3. The summed E-state index contributed by atoms with van der Waals surface area (Å²) in [4.78, 5) is 2.50. The van der Waals surface area contributed by atoms with Crippen LogP contribution in [0.4, 0.5) is 5.69 Å². The Morgan fingerprint density at radius 1 is 0.667 bits per heavy atom. The maximum atomic E-state index is 5.93. The summed E-state index contributed by atoms with van der Waals surface area (Å²) < 4.78 is 5.93. The number of hydrogen-bond acceptors (Lipinski definition) is 2. The molecule has 1 heterocycles. The number of nitrogens with zero attached hydrogens (tertiary/aromatic N) is 1. The maximum absolute atomic E-state index is 5.93. The van der Waals surface area contributed by atoms with Crippen LogP contribution in [-0.4, -0.2) is 19.7 Å². The second kappa shape index (κ2) is 14.1. The van der Waals surface area contributed by atoms with E-state index in [0.29, 0.717) is 5.92 Å². The van der Waals surface area contributed by atoms with Crippen molar-refractivity contribution in [3.63, 3.8) is 0 Å². The zero-order valence-corrected chi connectivity index (χ0v) is 22.6.